The van der Waals surface area contributed by atoms with E-state index in [1.165, 1.54) is 0 Å². The van der Waals surface area contributed by atoms with Gasteiger partial charge in [-0.3, -0.25) is 9.59 Å². The zero-order chi connectivity index (χ0) is 17.5. The number of benzene rings is 2. The minimum atomic E-state index is -0.150. The number of rotatable bonds is 6. The lowest BCUT2D eigenvalue weighted by Gasteiger charge is -2.10. The Labute approximate surface area is 142 Å². The van der Waals surface area contributed by atoms with Crippen LogP contribution in [-0.4, -0.2) is 17.9 Å². The van der Waals surface area contributed by atoms with E-state index in [1.807, 2.05) is 38.1 Å². The van der Waals surface area contributed by atoms with Crippen molar-refractivity contribution in [2.75, 3.05) is 11.1 Å². The van der Waals surface area contributed by atoms with E-state index in [0.29, 0.717) is 29.8 Å². The molecular formula is C19H23N3O2. The van der Waals surface area contributed by atoms with E-state index in [-0.39, 0.29) is 17.9 Å². The molecule has 2 rings (SSSR count). The third-order valence-electron chi connectivity index (χ3n) is 3.45. The fourth-order valence-corrected chi connectivity index (χ4v) is 2.25. The van der Waals surface area contributed by atoms with Gasteiger partial charge in [0, 0.05) is 29.4 Å². The molecule has 0 heterocycles. The Morgan fingerprint density at radius 2 is 1.79 bits per heavy atom. The average Bonchev–Trinajstić information content (AvgIpc) is 2.54. The number of carbonyl (C=O) groups excluding carboxylic acids is 2. The maximum absolute atomic E-state index is 12.1. The van der Waals surface area contributed by atoms with E-state index in [0.717, 1.165) is 5.56 Å². The SMILES string of the molecule is CC(C)NC(=O)c1cccc(NC(=O)CCc2ccc(N)cc2)c1. The van der Waals surface area contributed by atoms with Gasteiger partial charge in [0.05, 0.1) is 0 Å². The van der Waals surface area contributed by atoms with Crippen molar-refractivity contribution < 1.29 is 9.59 Å². The standard InChI is InChI=1S/C19H23N3O2/c1-13(2)21-19(24)15-4-3-5-17(12-15)22-18(23)11-8-14-6-9-16(20)10-7-14/h3-7,9-10,12-13H,8,11,20H2,1-2H3,(H,21,24)(H,22,23). The highest BCUT2D eigenvalue weighted by Crippen LogP contribution is 2.13. The van der Waals surface area contributed by atoms with Gasteiger partial charge in [-0.05, 0) is 56.2 Å². The predicted molar refractivity (Wildman–Crippen MR) is 96.8 cm³/mol. The molecule has 0 aliphatic heterocycles. The lowest BCUT2D eigenvalue weighted by molar-refractivity contribution is -0.116. The molecule has 0 unspecified atom stereocenters. The Morgan fingerprint density at radius 3 is 2.46 bits per heavy atom. The third-order valence-corrected chi connectivity index (χ3v) is 3.45. The molecule has 0 radical (unpaired) electrons. The van der Waals surface area contributed by atoms with Crippen LogP contribution in [0.5, 0.6) is 0 Å². The van der Waals surface area contributed by atoms with Crippen LogP contribution in [0.4, 0.5) is 11.4 Å². The van der Waals surface area contributed by atoms with Gasteiger partial charge in [0.15, 0.2) is 0 Å². The van der Waals surface area contributed by atoms with E-state index < -0.39 is 0 Å². The van der Waals surface area contributed by atoms with Crippen molar-refractivity contribution in [1.29, 1.82) is 0 Å². The molecule has 0 aliphatic rings. The summed E-state index contributed by atoms with van der Waals surface area (Å²) in [5.41, 5.74) is 8.56. The highest BCUT2D eigenvalue weighted by atomic mass is 16.2. The van der Waals surface area contributed by atoms with Gasteiger partial charge < -0.3 is 16.4 Å². The second-order valence-electron chi connectivity index (χ2n) is 6.00. The summed E-state index contributed by atoms with van der Waals surface area (Å²) < 4.78 is 0. The second kappa shape index (κ2) is 8.15. The number of hydrogen-bond donors (Lipinski definition) is 3. The van der Waals surface area contributed by atoms with Crippen LogP contribution in [0.25, 0.3) is 0 Å². The summed E-state index contributed by atoms with van der Waals surface area (Å²) in [7, 11) is 0. The van der Waals surface area contributed by atoms with Gasteiger partial charge in [-0.1, -0.05) is 18.2 Å². The number of hydrogen-bond acceptors (Lipinski definition) is 3. The fraction of sp³-hybridized carbons (Fsp3) is 0.263. The molecule has 2 aromatic carbocycles. The quantitative estimate of drug-likeness (QED) is 0.714. The molecule has 0 saturated carbocycles. The maximum atomic E-state index is 12.1. The number of aryl methyl sites for hydroxylation is 1. The molecule has 0 bridgehead atoms. The monoisotopic (exact) mass is 325 g/mol. The first-order valence-electron chi connectivity index (χ1n) is 7.99. The van der Waals surface area contributed by atoms with E-state index >= 15 is 0 Å². The summed E-state index contributed by atoms with van der Waals surface area (Å²) in [5.74, 6) is -0.240. The molecule has 0 spiro atoms. The van der Waals surface area contributed by atoms with Crippen molar-refractivity contribution in [1.82, 2.24) is 5.32 Å². The average molecular weight is 325 g/mol. The first-order chi connectivity index (χ1) is 11.4. The smallest absolute Gasteiger partial charge is 0.251 e. The van der Waals surface area contributed by atoms with Crippen molar-refractivity contribution in [2.45, 2.75) is 32.7 Å². The highest BCUT2D eigenvalue weighted by molar-refractivity contribution is 5.97. The number of nitrogens with two attached hydrogens (primary N) is 1. The molecular weight excluding hydrogens is 302 g/mol. The van der Waals surface area contributed by atoms with Crippen LogP contribution in [0.2, 0.25) is 0 Å². The molecule has 0 aromatic heterocycles. The minimum Gasteiger partial charge on any atom is -0.399 e. The van der Waals surface area contributed by atoms with Crippen LogP contribution in [0.15, 0.2) is 48.5 Å². The molecule has 24 heavy (non-hydrogen) atoms. The molecule has 2 aromatic rings. The Hall–Kier alpha value is -2.82. The van der Waals surface area contributed by atoms with Gasteiger partial charge in [0.25, 0.3) is 5.91 Å². The van der Waals surface area contributed by atoms with Crippen LogP contribution in [-0.2, 0) is 11.2 Å². The summed E-state index contributed by atoms with van der Waals surface area (Å²) >= 11 is 0. The van der Waals surface area contributed by atoms with Crippen LogP contribution in [0.1, 0.15) is 36.2 Å². The number of carbonyl (C=O) groups is 2. The van der Waals surface area contributed by atoms with E-state index in [2.05, 4.69) is 10.6 Å². The first kappa shape index (κ1) is 17.5. The van der Waals surface area contributed by atoms with Crippen LogP contribution in [0.3, 0.4) is 0 Å². The maximum Gasteiger partial charge on any atom is 0.251 e. The minimum absolute atomic E-state index is 0.0654. The molecule has 0 atom stereocenters. The molecule has 0 aliphatic carbocycles. The van der Waals surface area contributed by atoms with E-state index in [9.17, 15) is 9.59 Å². The van der Waals surface area contributed by atoms with Crippen molar-refractivity contribution in [3.05, 3.63) is 59.7 Å². The van der Waals surface area contributed by atoms with E-state index in [1.54, 1.807) is 24.3 Å². The number of nitrogens with one attached hydrogen (secondary N) is 2. The van der Waals surface area contributed by atoms with Gasteiger partial charge in [-0.15, -0.1) is 0 Å². The summed E-state index contributed by atoms with van der Waals surface area (Å²) in [5, 5.41) is 5.66. The lowest BCUT2D eigenvalue weighted by Crippen LogP contribution is -2.30. The van der Waals surface area contributed by atoms with Crippen molar-refractivity contribution in [3.8, 4) is 0 Å². The predicted octanol–water partition coefficient (Wildman–Crippen LogP) is 2.98. The Bertz CT molecular complexity index is 709. The number of nitrogen functional groups attached to an aromatic ring is 1. The normalized spacial score (nSPS) is 10.5. The molecule has 0 saturated heterocycles. The van der Waals surface area contributed by atoms with E-state index in [4.69, 9.17) is 5.73 Å². The van der Waals surface area contributed by atoms with Crippen LogP contribution < -0.4 is 16.4 Å². The zero-order valence-corrected chi connectivity index (χ0v) is 14.0. The molecule has 5 nitrogen and oxygen atoms in total. The van der Waals surface area contributed by atoms with Crippen LogP contribution in [0, 0.1) is 0 Å². The number of amides is 2. The topological polar surface area (TPSA) is 84.2 Å². The lowest BCUT2D eigenvalue weighted by atomic mass is 10.1. The summed E-state index contributed by atoms with van der Waals surface area (Å²) in [6, 6.07) is 14.5. The molecule has 126 valence electrons. The zero-order valence-electron chi connectivity index (χ0n) is 14.0. The van der Waals surface area contributed by atoms with Gasteiger partial charge in [0.1, 0.15) is 0 Å². The van der Waals surface area contributed by atoms with Gasteiger partial charge >= 0.3 is 0 Å². The van der Waals surface area contributed by atoms with Crippen molar-refractivity contribution >= 4 is 23.2 Å². The van der Waals surface area contributed by atoms with Crippen molar-refractivity contribution in [3.63, 3.8) is 0 Å². The largest absolute Gasteiger partial charge is 0.399 e. The Kier molecular flexibility index (Phi) is 5.95. The summed E-state index contributed by atoms with van der Waals surface area (Å²) in [6.45, 7) is 3.81. The van der Waals surface area contributed by atoms with Crippen LogP contribution >= 0.6 is 0 Å². The van der Waals surface area contributed by atoms with Gasteiger partial charge in [-0.25, -0.2) is 0 Å². The Balaban J connectivity index is 1.91. The molecule has 2 amide bonds. The first-order valence-corrected chi connectivity index (χ1v) is 7.99. The summed E-state index contributed by atoms with van der Waals surface area (Å²) in [6.07, 6.45) is 1.01. The van der Waals surface area contributed by atoms with Gasteiger partial charge in [0.2, 0.25) is 5.91 Å². The third kappa shape index (κ3) is 5.43. The molecule has 0 fully saturated rings. The fourth-order valence-electron chi connectivity index (χ4n) is 2.25. The van der Waals surface area contributed by atoms with Crippen molar-refractivity contribution in [2.24, 2.45) is 0 Å². The Morgan fingerprint density at radius 1 is 1.08 bits per heavy atom. The van der Waals surface area contributed by atoms with Gasteiger partial charge in [-0.2, -0.15) is 0 Å². The number of anilines is 2. The molecule has 4 N–H and O–H groups in total. The second-order valence-corrected chi connectivity index (χ2v) is 6.00. The molecule has 5 heteroatoms. The highest BCUT2D eigenvalue weighted by Gasteiger charge is 2.09. The summed E-state index contributed by atoms with van der Waals surface area (Å²) in [4.78, 5) is 24.1.